The van der Waals surface area contributed by atoms with Crippen molar-refractivity contribution in [3.8, 4) is 0 Å². The molecule has 112 valence electrons. The van der Waals surface area contributed by atoms with Gasteiger partial charge in [0.25, 0.3) is 0 Å². The van der Waals surface area contributed by atoms with Crippen LogP contribution in [0, 0.1) is 17.5 Å². The second-order valence-corrected chi connectivity index (χ2v) is 6.44. The average Bonchev–Trinajstić information content (AvgIpc) is 2.41. The summed E-state index contributed by atoms with van der Waals surface area (Å²) in [6.07, 6.45) is 0. The van der Waals surface area contributed by atoms with Crippen LogP contribution >= 0.6 is 0 Å². The van der Waals surface area contributed by atoms with E-state index in [0.29, 0.717) is 11.6 Å². The Balaban J connectivity index is 2.41. The Hall–Kier alpha value is -1.86. The van der Waals surface area contributed by atoms with Crippen LogP contribution < -0.4 is 5.73 Å². The van der Waals surface area contributed by atoms with E-state index in [1.807, 2.05) is 0 Å². The molecule has 0 heterocycles. The molecule has 0 fully saturated rings. The molecule has 0 amide bonds. The zero-order valence-electron chi connectivity index (χ0n) is 10.8. The Labute approximate surface area is 120 Å². The van der Waals surface area contributed by atoms with Crippen molar-refractivity contribution in [2.24, 2.45) is 5.73 Å². The molecule has 0 aliphatic carbocycles. The highest BCUT2D eigenvalue weighted by atomic mass is 32.2. The van der Waals surface area contributed by atoms with Gasteiger partial charge in [-0.3, -0.25) is 0 Å². The third-order valence-electron chi connectivity index (χ3n) is 2.98. The van der Waals surface area contributed by atoms with Gasteiger partial charge in [-0.25, -0.2) is 21.6 Å². The lowest BCUT2D eigenvalue weighted by Crippen LogP contribution is -2.10. The molecule has 0 aliphatic heterocycles. The molecule has 0 saturated heterocycles. The molecule has 0 aromatic heterocycles. The lowest BCUT2D eigenvalue weighted by atomic mass is 10.1. The van der Waals surface area contributed by atoms with Gasteiger partial charge in [0, 0.05) is 6.54 Å². The Bertz CT molecular complexity index is 776. The molecule has 0 unspecified atom stereocenters. The Morgan fingerprint density at radius 3 is 2.24 bits per heavy atom. The minimum absolute atomic E-state index is 0.0446. The summed E-state index contributed by atoms with van der Waals surface area (Å²) >= 11 is 0. The predicted molar refractivity (Wildman–Crippen MR) is 71.5 cm³/mol. The molecular formula is C14H12F3NO2S. The van der Waals surface area contributed by atoms with Gasteiger partial charge in [-0.1, -0.05) is 6.07 Å². The second kappa shape index (κ2) is 5.87. The van der Waals surface area contributed by atoms with Gasteiger partial charge in [0.2, 0.25) is 0 Å². The van der Waals surface area contributed by atoms with Crippen molar-refractivity contribution in [2.45, 2.75) is 17.2 Å². The fourth-order valence-electron chi connectivity index (χ4n) is 1.89. The summed E-state index contributed by atoms with van der Waals surface area (Å²) in [5, 5.41) is 0. The lowest BCUT2D eigenvalue weighted by Gasteiger charge is -2.09. The Morgan fingerprint density at radius 1 is 0.905 bits per heavy atom. The molecule has 3 nitrogen and oxygen atoms in total. The molecule has 0 bridgehead atoms. The molecular weight excluding hydrogens is 303 g/mol. The van der Waals surface area contributed by atoms with Gasteiger partial charge >= 0.3 is 0 Å². The first-order valence-electron chi connectivity index (χ1n) is 5.98. The summed E-state index contributed by atoms with van der Waals surface area (Å²) in [5.74, 6) is -3.53. The van der Waals surface area contributed by atoms with Crippen LogP contribution in [0.4, 0.5) is 13.2 Å². The minimum atomic E-state index is -3.93. The molecule has 0 radical (unpaired) electrons. The first-order chi connectivity index (χ1) is 9.83. The maximum atomic E-state index is 13.2. The van der Waals surface area contributed by atoms with Crippen LogP contribution in [0.5, 0.6) is 0 Å². The van der Waals surface area contributed by atoms with Crippen LogP contribution in [0.15, 0.2) is 41.3 Å². The molecule has 0 saturated carbocycles. The summed E-state index contributed by atoms with van der Waals surface area (Å²) in [7, 11) is -3.93. The number of hydrogen-bond donors (Lipinski definition) is 1. The van der Waals surface area contributed by atoms with Crippen LogP contribution in [-0.2, 0) is 22.1 Å². The summed E-state index contributed by atoms with van der Waals surface area (Å²) < 4.78 is 63.6. The highest BCUT2D eigenvalue weighted by Gasteiger charge is 2.19. The highest BCUT2D eigenvalue weighted by Crippen LogP contribution is 2.21. The zero-order chi connectivity index (χ0) is 15.6. The van der Waals surface area contributed by atoms with Gasteiger partial charge in [0.15, 0.2) is 21.5 Å². The second-order valence-electron chi connectivity index (χ2n) is 4.45. The smallest absolute Gasteiger partial charge is 0.182 e. The molecule has 2 aromatic carbocycles. The van der Waals surface area contributed by atoms with Gasteiger partial charge < -0.3 is 5.73 Å². The summed E-state index contributed by atoms with van der Waals surface area (Å²) in [6, 6.07) is 5.94. The highest BCUT2D eigenvalue weighted by molar-refractivity contribution is 7.90. The number of rotatable bonds is 4. The third kappa shape index (κ3) is 3.43. The van der Waals surface area contributed by atoms with E-state index in [0.717, 1.165) is 18.2 Å². The van der Waals surface area contributed by atoms with Crippen molar-refractivity contribution in [2.75, 3.05) is 0 Å². The third-order valence-corrected chi connectivity index (χ3v) is 4.65. The normalized spacial score (nSPS) is 11.6. The fraction of sp³-hybridized carbons (Fsp3) is 0.143. The largest absolute Gasteiger partial charge is 0.326 e. The standard InChI is InChI=1S/C14H12F3NO2S/c15-11-2-1-9(7-18)10(5-11)8-21(19,20)12-3-4-13(16)14(17)6-12/h1-6H,7-8,18H2. The van der Waals surface area contributed by atoms with E-state index in [9.17, 15) is 21.6 Å². The van der Waals surface area contributed by atoms with Crippen molar-refractivity contribution in [3.05, 3.63) is 65.0 Å². The summed E-state index contributed by atoms with van der Waals surface area (Å²) in [6.45, 7) is 0.0446. The average molecular weight is 315 g/mol. The number of halogens is 3. The fourth-order valence-corrected chi connectivity index (χ4v) is 3.29. The monoisotopic (exact) mass is 315 g/mol. The van der Waals surface area contributed by atoms with Crippen molar-refractivity contribution in [3.63, 3.8) is 0 Å². The SMILES string of the molecule is NCc1ccc(F)cc1CS(=O)(=O)c1ccc(F)c(F)c1. The molecule has 2 rings (SSSR count). The number of hydrogen-bond acceptors (Lipinski definition) is 3. The van der Waals surface area contributed by atoms with Crippen molar-refractivity contribution in [1.29, 1.82) is 0 Å². The van der Waals surface area contributed by atoms with Gasteiger partial charge in [0.05, 0.1) is 10.6 Å². The molecule has 2 aromatic rings. The molecule has 0 atom stereocenters. The van der Waals surface area contributed by atoms with E-state index in [2.05, 4.69) is 0 Å². The quantitative estimate of drug-likeness (QED) is 0.882. The van der Waals surface area contributed by atoms with E-state index in [1.165, 1.54) is 12.1 Å². The molecule has 0 aliphatic rings. The van der Waals surface area contributed by atoms with Gasteiger partial charge in [-0.2, -0.15) is 0 Å². The van der Waals surface area contributed by atoms with Gasteiger partial charge in [0.1, 0.15) is 5.82 Å². The van der Waals surface area contributed by atoms with Crippen molar-refractivity contribution < 1.29 is 21.6 Å². The maximum Gasteiger partial charge on any atom is 0.182 e. The van der Waals surface area contributed by atoms with E-state index >= 15 is 0 Å². The van der Waals surface area contributed by atoms with Crippen LogP contribution in [-0.4, -0.2) is 8.42 Å². The molecule has 7 heteroatoms. The van der Waals surface area contributed by atoms with E-state index < -0.39 is 33.0 Å². The molecule has 21 heavy (non-hydrogen) atoms. The van der Waals surface area contributed by atoms with E-state index in [-0.39, 0.29) is 17.0 Å². The first kappa shape index (κ1) is 15.5. The molecule has 0 spiro atoms. The van der Waals surface area contributed by atoms with Crippen LogP contribution in [0.1, 0.15) is 11.1 Å². The number of nitrogens with two attached hydrogens (primary N) is 1. The number of benzene rings is 2. The van der Waals surface area contributed by atoms with Crippen molar-refractivity contribution >= 4 is 9.84 Å². The van der Waals surface area contributed by atoms with Crippen molar-refractivity contribution in [1.82, 2.24) is 0 Å². The Morgan fingerprint density at radius 2 is 1.62 bits per heavy atom. The van der Waals surface area contributed by atoms with E-state index in [1.54, 1.807) is 0 Å². The lowest BCUT2D eigenvalue weighted by molar-refractivity contribution is 0.504. The molecule has 2 N–H and O–H groups in total. The Kier molecular flexibility index (Phi) is 4.34. The van der Waals surface area contributed by atoms with Gasteiger partial charge in [-0.15, -0.1) is 0 Å². The predicted octanol–water partition coefficient (Wildman–Crippen LogP) is 2.54. The topological polar surface area (TPSA) is 60.2 Å². The summed E-state index contributed by atoms with van der Waals surface area (Å²) in [4.78, 5) is -0.367. The minimum Gasteiger partial charge on any atom is -0.326 e. The van der Waals surface area contributed by atoms with Crippen LogP contribution in [0.25, 0.3) is 0 Å². The summed E-state index contributed by atoms with van der Waals surface area (Å²) in [5.41, 5.74) is 6.15. The zero-order valence-corrected chi connectivity index (χ0v) is 11.6. The first-order valence-corrected chi connectivity index (χ1v) is 7.64. The van der Waals surface area contributed by atoms with E-state index in [4.69, 9.17) is 5.73 Å². The van der Waals surface area contributed by atoms with Crippen LogP contribution in [0.3, 0.4) is 0 Å². The maximum absolute atomic E-state index is 13.2. The van der Waals surface area contributed by atoms with Crippen LogP contribution in [0.2, 0.25) is 0 Å². The van der Waals surface area contributed by atoms with Gasteiger partial charge in [-0.05, 0) is 41.5 Å². The number of sulfone groups is 1.